The lowest BCUT2D eigenvalue weighted by atomic mass is 9.65. The molecule has 2 aromatic carbocycles. The Balaban J connectivity index is 2.17. The minimum atomic E-state index is -0.451. The number of ketones is 1. The van der Waals surface area contributed by atoms with Crippen molar-refractivity contribution in [2.75, 3.05) is 14.2 Å². The number of phenols is 2. The van der Waals surface area contributed by atoms with Gasteiger partial charge in [0.15, 0.2) is 17.3 Å². The lowest BCUT2D eigenvalue weighted by Gasteiger charge is -2.37. The number of ether oxygens (including phenoxy) is 2. The third kappa shape index (κ3) is 4.52. The number of Topliss-reactive ketones (excluding diaryl/α,β-unsaturated/α-hetero) is 1. The van der Waals surface area contributed by atoms with E-state index in [4.69, 9.17) is 9.47 Å². The van der Waals surface area contributed by atoms with E-state index in [0.717, 1.165) is 11.1 Å². The molecule has 32 heavy (non-hydrogen) atoms. The third-order valence-electron chi connectivity index (χ3n) is 6.33. The van der Waals surface area contributed by atoms with Gasteiger partial charge in [0.2, 0.25) is 5.75 Å². The van der Waals surface area contributed by atoms with Crippen LogP contribution in [0.15, 0.2) is 59.7 Å². The fourth-order valence-electron chi connectivity index (χ4n) is 4.65. The Bertz CT molecular complexity index is 1030. The molecule has 0 bridgehead atoms. The average molecular weight is 437 g/mol. The molecule has 0 fully saturated rings. The molecule has 0 radical (unpaired) electrons. The maximum atomic E-state index is 14.0. The molecule has 0 heterocycles. The van der Waals surface area contributed by atoms with Gasteiger partial charge < -0.3 is 19.7 Å². The van der Waals surface area contributed by atoms with E-state index in [9.17, 15) is 15.0 Å². The Hall–Kier alpha value is -3.21. The Labute approximate surface area is 190 Å². The van der Waals surface area contributed by atoms with Crippen molar-refractivity contribution in [3.63, 3.8) is 0 Å². The van der Waals surface area contributed by atoms with Crippen molar-refractivity contribution in [3.05, 3.63) is 70.8 Å². The standard InChI is InChI=1S/C27H32O5/c1-16(2)11-13-19-17(3)12-14-20(18-9-7-6-8-10-18)23(19)25(29)24-21(28)15-22(31-4)27(32-5)26(24)30/h6-12,15,19-20,23,28,30H,13-14H2,1-5H3/t19-,20+,23+/m0/s1. The van der Waals surface area contributed by atoms with Crippen molar-refractivity contribution >= 4 is 5.78 Å². The predicted molar refractivity (Wildman–Crippen MR) is 126 cm³/mol. The SMILES string of the molecule is COc1cc(O)c(C(=O)[C@H]2[C@@H](c3ccccc3)CC=C(C)[C@@H]2CC=C(C)C)c(O)c1OC. The number of phenolic OH excluding ortho intramolecular Hbond substituents is 2. The molecule has 2 aromatic rings. The van der Waals surface area contributed by atoms with Crippen LogP contribution in [0.25, 0.3) is 0 Å². The van der Waals surface area contributed by atoms with Gasteiger partial charge in [0.25, 0.3) is 0 Å². The van der Waals surface area contributed by atoms with Crippen LogP contribution in [0.3, 0.4) is 0 Å². The summed E-state index contributed by atoms with van der Waals surface area (Å²) in [5.74, 6) is -1.38. The molecular formula is C27H32O5. The van der Waals surface area contributed by atoms with Crippen LogP contribution in [0.4, 0.5) is 0 Å². The highest BCUT2D eigenvalue weighted by atomic mass is 16.5. The summed E-state index contributed by atoms with van der Waals surface area (Å²) in [6.45, 7) is 6.14. The first-order valence-corrected chi connectivity index (χ1v) is 10.9. The fourth-order valence-corrected chi connectivity index (χ4v) is 4.65. The highest BCUT2D eigenvalue weighted by Gasteiger charge is 2.41. The topological polar surface area (TPSA) is 76.0 Å². The molecule has 1 aliphatic carbocycles. The number of hydrogen-bond acceptors (Lipinski definition) is 5. The molecule has 1 aliphatic rings. The molecule has 0 saturated heterocycles. The molecule has 5 heteroatoms. The zero-order valence-corrected chi connectivity index (χ0v) is 19.4. The van der Waals surface area contributed by atoms with Crippen molar-refractivity contribution in [1.82, 2.24) is 0 Å². The van der Waals surface area contributed by atoms with E-state index >= 15 is 0 Å². The first-order valence-electron chi connectivity index (χ1n) is 10.9. The molecule has 0 amide bonds. The predicted octanol–water partition coefficient (Wildman–Crippen LogP) is 6.02. The van der Waals surface area contributed by atoms with E-state index in [2.05, 4.69) is 19.1 Å². The Morgan fingerprint density at radius 3 is 2.41 bits per heavy atom. The van der Waals surface area contributed by atoms with Crippen molar-refractivity contribution in [2.24, 2.45) is 11.8 Å². The molecule has 2 N–H and O–H groups in total. The molecule has 0 saturated carbocycles. The number of carbonyl (C=O) groups is 1. The third-order valence-corrected chi connectivity index (χ3v) is 6.33. The number of rotatable bonds is 7. The smallest absolute Gasteiger partial charge is 0.204 e. The van der Waals surface area contributed by atoms with Gasteiger partial charge in [-0.3, -0.25) is 4.79 Å². The second kappa shape index (κ2) is 9.94. The second-order valence-electron chi connectivity index (χ2n) is 8.57. The van der Waals surface area contributed by atoms with E-state index in [-0.39, 0.29) is 40.4 Å². The van der Waals surface area contributed by atoms with E-state index < -0.39 is 11.7 Å². The van der Waals surface area contributed by atoms with Crippen molar-refractivity contribution < 1.29 is 24.5 Å². The highest BCUT2D eigenvalue weighted by molar-refractivity contribution is 6.04. The second-order valence-corrected chi connectivity index (χ2v) is 8.57. The summed E-state index contributed by atoms with van der Waals surface area (Å²) in [7, 11) is 2.80. The lowest BCUT2D eigenvalue weighted by molar-refractivity contribution is 0.0843. The molecule has 3 rings (SSSR count). The first-order chi connectivity index (χ1) is 15.3. The van der Waals surface area contributed by atoms with Crippen LogP contribution in [0, 0.1) is 11.8 Å². The summed E-state index contributed by atoms with van der Waals surface area (Å²) in [4.78, 5) is 14.0. The maximum absolute atomic E-state index is 14.0. The number of benzene rings is 2. The quantitative estimate of drug-likeness (QED) is 0.410. The lowest BCUT2D eigenvalue weighted by Crippen LogP contribution is -2.33. The van der Waals surface area contributed by atoms with Crippen LogP contribution < -0.4 is 9.47 Å². The van der Waals surface area contributed by atoms with Crippen LogP contribution in [-0.2, 0) is 0 Å². The summed E-state index contributed by atoms with van der Waals surface area (Å²) in [6.07, 6.45) is 5.77. The van der Waals surface area contributed by atoms with Gasteiger partial charge in [0.1, 0.15) is 11.3 Å². The van der Waals surface area contributed by atoms with E-state index in [1.54, 1.807) is 0 Å². The normalized spacial score (nSPS) is 20.3. The zero-order chi connectivity index (χ0) is 23.4. The van der Waals surface area contributed by atoms with Gasteiger partial charge in [-0.15, -0.1) is 0 Å². The number of methoxy groups -OCH3 is 2. The van der Waals surface area contributed by atoms with Crippen LogP contribution in [-0.4, -0.2) is 30.2 Å². The molecule has 3 atom stereocenters. The molecule has 0 aliphatic heterocycles. The molecular weight excluding hydrogens is 404 g/mol. The van der Waals surface area contributed by atoms with Crippen molar-refractivity contribution in [1.29, 1.82) is 0 Å². The molecule has 0 aromatic heterocycles. The van der Waals surface area contributed by atoms with E-state index in [0.29, 0.717) is 12.8 Å². The van der Waals surface area contributed by atoms with E-state index in [1.807, 2.05) is 44.2 Å². The van der Waals surface area contributed by atoms with Gasteiger partial charge in [0.05, 0.1) is 14.2 Å². The minimum Gasteiger partial charge on any atom is -0.507 e. The minimum absolute atomic E-state index is 0.0360. The largest absolute Gasteiger partial charge is 0.507 e. The summed E-state index contributed by atoms with van der Waals surface area (Å²) in [6, 6.07) is 11.3. The number of carbonyl (C=O) groups excluding carboxylic acids is 1. The van der Waals surface area contributed by atoms with Gasteiger partial charge >= 0.3 is 0 Å². The number of hydrogen-bond donors (Lipinski definition) is 2. The molecule has 5 nitrogen and oxygen atoms in total. The summed E-state index contributed by atoms with van der Waals surface area (Å²) in [5, 5.41) is 21.6. The Morgan fingerprint density at radius 2 is 1.81 bits per heavy atom. The molecule has 0 unspecified atom stereocenters. The number of aromatic hydroxyl groups is 2. The van der Waals surface area contributed by atoms with Crippen LogP contribution in [0.1, 0.15) is 55.5 Å². The average Bonchev–Trinajstić information content (AvgIpc) is 2.77. The Morgan fingerprint density at radius 1 is 1.12 bits per heavy atom. The van der Waals surface area contributed by atoms with Crippen LogP contribution >= 0.6 is 0 Å². The van der Waals surface area contributed by atoms with Gasteiger partial charge in [0, 0.05) is 12.0 Å². The van der Waals surface area contributed by atoms with Crippen LogP contribution in [0.5, 0.6) is 23.0 Å². The zero-order valence-electron chi connectivity index (χ0n) is 19.4. The highest BCUT2D eigenvalue weighted by Crippen LogP contribution is 2.50. The van der Waals surface area contributed by atoms with Crippen molar-refractivity contribution in [3.8, 4) is 23.0 Å². The molecule has 0 spiro atoms. The monoisotopic (exact) mass is 436 g/mol. The number of allylic oxidation sites excluding steroid dienone is 4. The van der Waals surface area contributed by atoms with Crippen LogP contribution in [0.2, 0.25) is 0 Å². The van der Waals surface area contributed by atoms with E-state index in [1.165, 1.54) is 25.9 Å². The maximum Gasteiger partial charge on any atom is 0.204 e. The summed E-state index contributed by atoms with van der Waals surface area (Å²) < 4.78 is 10.5. The summed E-state index contributed by atoms with van der Waals surface area (Å²) >= 11 is 0. The summed E-state index contributed by atoms with van der Waals surface area (Å²) in [5.41, 5.74) is 3.27. The Kier molecular flexibility index (Phi) is 7.29. The van der Waals surface area contributed by atoms with Gasteiger partial charge in [-0.1, -0.05) is 53.6 Å². The van der Waals surface area contributed by atoms with Gasteiger partial charge in [-0.2, -0.15) is 0 Å². The first kappa shape index (κ1) is 23.5. The molecule has 170 valence electrons. The van der Waals surface area contributed by atoms with Crippen molar-refractivity contribution in [2.45, 2.75) is 39.5 Å². The fraction of sp³-hybridized carbons (Fsp3) is 0.370. The van der Waals surface area contributed by atoms with Gasteiger partial charge in [-0.05, 0) is 51.0 Å². The van der Waals surface area contributed by atoms with Gasteiger partial charge in [-0.25, -0.2) is 0 Å².